The molecule has 0 aliphatic heterocycles. The molecule has 0 saturated heterocycles. The maximum absolute atomic E-state index is 13.1. The Morgan fingerprint density at radius 1 is 1.00 bits per heavy atom. The van der Waals surface area contributed by atoms with Gasteiger partial charge >= 0.3 is 5.97 Å². The highest BCUT2D eigenvalue weighted by atomic mass is 16.6. The number of ether oxygens (including phenoxy) is 2. The second kappa shape index (κ2) is 12.6. The molecule has 0 spiro atoms. The predicted molar refractivity (Wildman–Crippen MR) is 130 cm³/mol. The van der Waals surface area contributed by atoms with Crippen molar-refractivity contribution in [2.75, 3.05) is 13.7 Å². The molecule has 186 valence electrons. The number of esters is 1. The van der Waals surface area contributed by atoms with Gasteiger partial charge < -0.3 is 20.1 Å². The van der Waals surface area contributed by atoms with E-state index in [1.807, 2.05) is 52.0 Å². The van der Waals surface area contributed by atoms with E-state index in [9.17, 15) is 14.4 Å². The Labute approximate surface area is 199 Å². The van der Waals surface area contributed by atoms with E-state index in [1.54, 1.807) is 27.8 Å². The summed E-state index contributed by atoms with van der Waals surface area (Å²) in [7, 11) is 1.54. The van der Waals surface area contributed by atoms with Crippen molar-refractivity contribution in [1.29, 1.82) is 0 Å². The van der Waals surface area contributed by atoms with Crippen LogP contribution in [0.3, 0.4) is 0 Å². The minimum absolute atomic E-state index is 0.0353. The number of carbonyl (C=O) groups excluding carboxylic acids is 3. The molecule has 1 aromatic carbocycles. The molecule has 0 unspecified atom stereocenters. The van der Waals surface area contributed by atoms with Gasteiger partial charge in [0.25, 0.3) is 0 Å². The van der Waals surface area contributed by atoms with Crippen molar-refractivity contribution in [3.8, 4) is 5.75 Å². The van der Waals surface area contributed by atoms with Crippen molar-refractivity contribution in [1.82, 2.24) is 10.6 Å². The smallest absolute Gasteiger partial charge is 0.307 e. The van der Waals surface area contributed by atoms with Crippen LogP contribution in [0.4, 0.5) is 0 Å². The average Bonchev–Trinajstić information content (AvgIpc) is 2.68. The monoisotopic (exact) mass is 462 g/mol. The molecule has 0 bridgehead atoms. The number of amides is 2. The van der Waals surface area contributed by atoms with Crippen LogP contribution in [0.15, 0.2) is 24.3 Å². The average molecular weight is 463 g/mol. The molecular formula is C26H42N2O5. The van der Waals surface area contributed by atoms with Gasteiger partial charge in [0.15, 0.2) is 0 Å². The molecule has 0 aliphatic rings. The summed E-state index contributed by atoms with van der Waals surface area (Å²) in [6.45, 7) is 13.6. The Morgan fingerprint density at radius 2 is 1.67 bits per heavy atom. The van der Waals surface area contributed by atoms with E-state index in [0.29, 0.717) is 19.4 Å². The van der Waals surface area contributed by atoms with E-state index in [1.165, 1.54) is 0 Å². The van der Waals surface area contributed by atoms with E-state index in [0.717, 1.165) is 17.7 Å². The maximum Gasteiger partial charge on any atom is 0.307 e. The third-order valence-electron chi connectivity index (χ3n) is 5.07. The molecule has 0 saturated carbocycles. The minimum atomic E-state index is -0.708. The number of hydrogen-bond donors (Lipinski definition) is 2. The number of rotatable bonds is 11. The van der Waals surface area contributed by atoms with Crippen LogP contribution in [0, 0.1) is 18.3 Å². The van der Waals surface area contributed by atoms with Gasteiger partial charge in [-0.2, -0.15) is 0 Å². The van der Waals surface area contributed by atoms with Crippen LogP contribution in [-0.4, -0.2) is 43.1 Å². The van der Waals surface area contributed by atoms with Gasteiger partial charge in [-0.05, 0) is 70.1 Å². The Bertz CT molecular complexity index is 793. The van der Waals surface area contributed by atoms with Crippen molar-refractivity contribution in [2.24, 2.45) is 11.3 Å². The normalized spacial score (nSPS) is 13.6. The van der Waals surface area contributed by atoms with Gasteiger partial charge in [-0.25, -0.2) is 0 Å². The number of nitrogens with one attached hydrogen (secondary N) is 2. The first-order valence-electron chi connectivity index (χ1n) is 11.7. The van der Waals surface area contributed by atoms with Crippen LogP contribution >= 0.6 is 0 Å². The van der Waals surface area contributed by atoms with Gasteiger partial charge in [-0.15, -0.1) is 0 Å². The standard InChI is InChI=1S/C26H42N2O5/c1-18-12-11-14-20(16-18)32-15-10-9-13-19(17-21(29)33-26(5,6)7)23(30)28-22(24(31)27-8)25(2,3)4/h11-12,14,16,19,22H,9-10,13,15,17H2,1-8H3,(H,27,31)(H,28,30)/t19-,22-/m1/s1. The fourth-order valence-electron chi connectivity index (χ4n) is 3.38. The van der Waals surface area contributed by atoms with Gasteiger partial charge in [-0.3, -0.25) is 14.4 Å². The molecule has 2 N–H and O–H groups in total. The van der Waals surface area contributed by atoms with E-state index in [-0.39, 0.29) is 18.2 Å². The number of carbonyl (C=O) groups is 3. The van der Waals surface area contributed by atoms with Crippen LogP contribution in [0.25, 0.3) is 0 Å². The summed E-state index contributed by atoms with van der Waals surface area (Å²) in [5.74, 6) is -0.779. The van der Waals surface area contributed by atoms with Crippen LogP contribution < -0.4 is 15.4 Å². The Balaban J connectivity index is 2.77. The zero-order chi connectivity index (χ0) is 25.2. The fraction of sp³-hybridized carbons (Fsp3) is 0.654. The van der Waals surface area contributed by atoms with Gasteiger partial charge in [0, 0.05) is 13.0 Å². The summed E-state index contributed by atoms with van der Waals surface area (Å²) in [6, 6.07) is 7.14. The molecule has 0 aromatic heterocycles. The van der Waals surface area contributed by atoms with Gasteiger partial charge in [0.2, 0.25) is 11.8 Å². The lowest BCUT2D eigenvalue weighted by molar-refractivity contribution is -0.157. The summed E-state index contributed by atoms with van der Waals surface area (Å²) >= 11 is 0. The molecule has 1 rings (SSSR count). The Morgan fingerprint density at radius 3 is 2.21 bits per heavy atom. The van der Waals surface area contributed by atoms with Gasteiger partial charge in [0.1, 0.15) is 17.4 Å². The number of unbranched alkanes of at least 4 members (excludes halogenated alkanes) is 1. The van der Waals surface area contributed by atoms with Crippen molar-refractivity contribution in [3.63, 3.8) is 0 Å². The van der Waals surface area contributed by atoms with Gasteiger partial charge in [0.05, 0.1) is 13.0 Å². The van der Waals surface area contributed by atoms with Crippen LogP contribution in [0.5, 0.6) is 5.75 Å². The zero-order valence-electron chi connectivity index (χ0n) is 21.5. The molecule has 0 radical (unpaired) electrons. The molecule has 0 aliphatic carbocycles. The first-order chi connectivity index (χ1) is 15.2. The lowest BCUT2D eigenvalue weighted by Crippen LogP contribution is -2.54. The largest absolute Gasteiger partial charge is 0.494 e. The van der Waals surface area contributed by atoms with Crippen molar-refractivity contribution >= 4 is 17.8 Å². The van der Waals surface area contributed by atoms with E-state index >= 15 is 0 Å². The molecule has 0 fully saturated rings. The Hall–Kier alpha value is -2.57. The summed E-state index contributed by atoms with van der Waals surface area (Å²) in [5, 5.41) is 5.46. The molecule has 7 heteroatoms. The molecular weight excluding hydrogens is 420 g/mol. The highest BCUT2D eigenvalue weighted by Crippen LogP contribution is 2.23. The Kier molecular flexibility index (Phi) is 10.9. The number of likely N-dealkylation sites (N-methyl/N-ethyl adjacent to an activating group) is 1. The number of benzene rings is 1. The van der Waals surface area contributed by atoms with Crippen LogP contribution in [-0.2, 0) is 19.1 Å². The van der Waals surface area contributed by atoms with Crippen LogP contribution in [0.2, 0.25) is 0 Å². The second-order valence-corrected chi connectivity index (χ2v) is 10.6. The topological polar surface area (TPSA) is 93.7 Å². The predicted octanol–water partition coefficient (Wildman–Crippen LogP) is 4.17. The number of aryl methyl sites for hydroxylation is 1. The lowest BCUT2D eigenvalue weighted by Gasteiger charge is -2.31. The summed E-state index contributed by atoms with van der Waals surface area (Å²) in [6.07, 6.45) is 1.90. The molecule has 1 aromatic rings. The van der Waals surface area contributed by atoms with Crippen LogP contribution in [0.1, 0.15) is 72.8 Å². The molecule has 0 heterocycles. The van der Waals surface area contributed by atoms with Crippen molar-refractivity contribution in [2.45, 2.75) is 85.8 Å². The minimum Gasteiger partial charge on any atom is -0.494 e. The first kappa shape index (κ1) is 28.5. The van der Waals surface area contributed by atoms with Crippen molar-refractivity contribution < 1.29 is 23.9 Å². The third kappa shape index (κ3) is 11.2. The van der Waals surface area contributed by atoms with Crippen molar-refractivity contribution in [3.05, 3.63) is 29.8 Å². The highest BCUT2D eigenvalue weighted by Gasteiger charge is 2.34. The second-order valence-electron chi connectivity index (χ2n) is 10.6. The molecule has 33 heavy (non-hydrogen) atoms. The summed E-state index contributed by atoms with van der Waals surface area (Å²) < 4.78 is 11.2. The first-order valence-corrected chi connectivity index (χ1v) is 11.7. The fourth-order valence-corrected chi connectivity index (χ4v) is 3.38. The summed E-state index contributed by atoms with van der Waals surface area (Å²) in [5.41, 5.74) is 0.0232. The quantitative estimate of drug-likeness (QED) is 0.380. The van der Waals surface area contributed by atoms with Gasteiger partial charge in [-0.1, -0.05) is 32.9 Å². The lowest BCUT2D eigenvalue weighted by atomic mass is 9.85. The van der Waals surface area contributed by atoms with E-state index < -0.39 is 28.9 Å². The SMILES string of the molecule is CNC(=O)[C@@H](NC(=O)[C@H](CCCCOc1cccc(C)c1)CC(=O)OC(C)(C)C)C(C)(C)C. The third-order valence-corrected chi connectivity index (χ3v) is 5.07. The number of hydrogen-bond acceptors (Lipinski definition) is 5. The van der Waals surface area contributed by atoms with E-state index in [2.05, 4.69) is 10.6 Å². The maximum atomic E-state index is 13.1. The molecule has 2 atom stereocenters. The molecule has 2 amide bonds. The highest BCUT2D eigenvalue weighted by molar-refractivity contribution is 5.90. The summed E-state index contributed by atoms with van der Waals surface area (Å²) in [4.78, 5) is 37.9. The van der Waals surface area contributed by atoms with E-state index in [4.69, 9.17) is 9.47 Å². The molecule has 7 nitrogen and oxygen atoms in total. The zero-order valence-corrected chi connectivity index (χ0v) is 21.5.